The molecule has 0 aliphatic carbocycles. The minimum Gasteiger partial charge on any atom is -0.349 e. The molecule has 2 aliphatic heterocycles. The van der Waals surface area contributed by atoms with Crippen molar-refractivity contribution in [2.75, 3.05) is 26.2 Å². The molecule has 2 heterocycles. The normalized spacial score (nSPS) is 17.2. The Morgan fingerprint density at radius 3 is 2.19 bits per heavy atom. The number of benzene rings is 3. The number of nitrogens with one attached hydrogen (secondary N) is 1. The van der Waals surface area contributed by atoms with Crippen molar-refractivity contribution < 1.29 is 9.59 Å². The maximum Gasteiger partial charge on any atom is 0.229 e. The first-order chi connectivity index (χ1) is 19.7. The third kappa shape index (κ3) is 7.64. The number of piperidine rings is 1. The number of carbonyl (C=O) groups excluding carboxylic acids is 2. The first-order valence-corrected chi connectivity index (χ1v) is 15.7. The van der Waals surface area contributed by atoms with Gasteiger partial charge in [0, 0.05) is 24.1 Å². The van der Waals surface area contributed by atoms with Crippen molar-refractivity contribution in [3.8, 4) is 0 Å². The van der Waals surface area contributed by atoms with E-state index in [1.54, 1.807) is 0 Å². The third-order valence-corrected chi connectivity index (χ3v) is 9.68. The van der Waals surface area contributed by atoms with E-state index in [4.69, 9.17) is 0 Å². The van der Waals surface area contributed by atoms with E-state index >= 15 is 0 Å². The van der Waals surface area contributed by atoms with Crippen LogP contribution in [0.2, 0.25) is 0 Å². The van der Waals surface area contributed by atoms with Gasteiger partial charge in [0.05, 0.1) is 17.9 Å². The Balaban J connectivity index is 0.00000405. The van der Waals surface area contributed by atoms with Gasteiger partial charge in [-0.15, -0.1) is 12.4 Å². The molecule has 1 unspecified atom stereocenters. The smallest absolute Gasteiger partial charge is 0.229 e. The zero-order valence-corrected chi connectivity index (χ0v) is 27.4. The van der Waals surface area contributed by atoms with E-state index in [0.29, 0.717) is 18.9 Å². The fraction of sp³-hybridized carbons (Fsp3) is 0.429. The lowest BCUT2D eigenvalue weighted by molar-refractivity contribution is -0.139. The van der Waals surface area contributed by atoms with Crippen LogP contribution in [0.4, 0.5) is 0 Å². The Morgan fingerprint density at radius 2 is 1.55 bits per heavy atom. The molecule has 5 nitrogen and oxygen atoms in total. The molecule has 0 saturated carbocycles. The molecule has 0 bridgehead atoms. The third-order valence-electron chi connectivity index (χ3n) is 9.15. The van der Waals surface area contributed by atoms with Gasteiger partial charge in [0.15, 0.2) is 0 Å². The Morgan fingerprint density at radius 1 is 0.929 bits per heavy atom. The number of halogens is 2. The molecular weight excluding hydrogens is 610 g/mol. The van der Waals surface area contributed by atoms with E-state index in [1.807, 2.05) is 30.3 Å². The lowest BCUT2D eigenvalue weighted by Crippen LogP contribution is -2.45. The molecule has 5 rings (SSSR count). The number of carbonyl (C=O) groups is 2. The summed E-state index contributed by atoms with van der Waals surface area (Å²) in [6.07, 6.45) is 4.02. The van der Waals surface area contributed by atoms with Gasteiger partial charge in [0.1, 0.15) is 0 Å². The largest absolute Gasteiger partial charge is 0.349 e. The van der Waals surface area contributed by atoms with Gasteiger partial charge in [-0.25, -0.2) is 0 Å². The first kappa shape index (κ1) is 32.2. The summed E-state index contributed by atoms with van der Waals surface area (Å²) in [6.45, 7) is 10.6. The van der Waals surface area contributed by atoms with Crippen LogP contribution < -0.4 is 5.32 Å². The molecule has 2 fully saturated rings. The van der Waals surface area contributed by atoms with Crippen LogP contribution in [-0.2, 0) is 22.6 Å². The molecule has 1 atom stereocenters. The van der Waals surface area contributed by atoms with Crippen molar-refractivity contribution in [1.82, 2.24) is 15.1 Å². The number of rotatable bonds is 9. The van der Waals surface area contributed by atoms with Crippen molar-refractivity contribution in [3.05, 3.63) is 105 Å². The van der Waals surface area contributed by atoms with Crippen molar-refractivity contribution in [1.29, 1.82) is 0 Å². The molecule has 2 saturated heterocycles. The number of hydrogen-bond donors (Lipinski definition) is 1. The molecule has 3 aromatic rings. The molecule has 2 amide bonds. The van der Waals surface area contributed by atoms with E-state index < -0.39 is 0 Å². The SMILES string of the molecule is Cc1cc(C)c(CC(=O)NC(CCN2CCC3(CC2)CCN(Cc2ccc(Br)cc2)C3=O)c2ccccc2)c(C)c1.Cl. The molecule has 224 valence electrons. The van der Waals surface area contributed by atoms with Gasteiger partial charge in [0.2, 0.25) is 11.8 Å². The summed E-state index contributed by atoms with van der Waals surface area (Å²) in [5, 5.41) is 3.35. The van der Waals surface area contributed by atoms with E-state index in [2.05, 4.69) is 88.2 Å². The molecule has 1 spiro atoms. The summed E-state index contributed by atoms with van der Waals surface area (Å²) < 4.78 is 1.06. The fourth-order valence-electron chi connectivity index (χ4n) is 6.74. The minimum atomic E-state index is -0.206. The van der Waals surface area contributed by atoms with E-state index in [1.165, 1.54) is 22.3 Å². The zero-order valence-electron chi connectivity index (χ0n) is 25.0. The number of hydrogen-bond acceptors (Lipinski definition) is 3. The van der Waals surface area contributed by atoms with Gasteiger partial charge in [-0.05, 0) is 99.5 Å². The highest BCUT2D eigenvalue weighted by molar-refractivity contribution is 9.10. The van der Waals surface area contributed by atoms with Gasteiger partial charge in [-0.3, -0.25) is 9.59 Å². The lowest BCUT2D eigenvalue weighted by atomic mass is 9.77. The summed E-state index contributed by atoms with van der Waals surface area (Å²) in [7, 11) is 0. The molecule has 0 radical (unpaired) electrons. The predicted octanol–water partition coefficient (Wildman–Crippen LogP) is 7.10. The molecule has 42 heavy (non-hydrogen) atoms. The predicted molar refractivity (Wildman–Crippen MR) is 176 cm³/mol. The number of likely N-dealkylation sites (tertiary alicyclic amines) is 2. The maximum atomic E-state index is 13.5. The summed E-state index contributed by atoms with van der Waals surface area (Å²) in [4.78, 5) is 31.3. The van der Waals surface area contributed by atoms with Crippen LogP contribution in [0.3, 0.4) is 0 Å². The van der Waals surface area contributed by atoms with Gasteiger partial charge in [-0.2, -0.15) is 0 Å². The maximum absolute atomic E-state index is 13.5. The van der Waals surface area contributed by atoms with Gasteiger partial charge < -0.3 is 15.1 Å². The van der Waals surface area contributed by atoms with E-state index in [-0.39, 0.29) is 29.8 Å². The van der Waals surface area contributed by atoms with E-state index in [9.17, 15) is 9.59 Å². The van der Waals surface area contributed by atoms with Gasteiger partial charge in [-0.1, -0.05) is 76.1 Å². The number of aryl methyl sites for hydroxylation is 3. The minimum absolute atomic E-state index is 0. The number of nitrogens with zero attached hydrogens (tertiary/aromatic N) is 2. The second-order valence-electron chi connectivity index (χ2n) is 12.1. The second-order valence-corrected chi connectivity index (χ2v) is 13.0. The highest BCUT2D eigenvalue weighted by Gasteiger charge is 2.47. The Labute approximate surface area is 265 Å². The fourth-order valence-corrected chi connectivity index (χ4v) is 7.00. The van der Waals surface area contributed by atoms with Crippen LogP contribution in [0.25, 0.3) is 0 Å². The summed E-state index contributed by atoms with van der Waals surface area (Å²) in [6, 6.07) is 22.9. The summed E-state index contributed by atoms with van der Waals surface area (Å²) in [5.41, 5.74) is 6.81. The quantitative estimate of drug-likeness (QED) is 0.268. The van der Waals surface area contributed by atoms with Crippen LogP contribution in [0.5, 0.6) is 0 Å². The molecule has 2 aliphatic rings. The van der Waals surface area contributed by atoms with Crippen molar-refractivity contribution >= 4 is 40.2 Å². The molecule has 3 aromatic carbocycles. The summed E-state index contributed by atoms with van der Waals surface area (Å²) in [5.74, 6) is 0.394. The summed E-state index contributed by atoms with van der Waals surface area (Å²) >= 11 is 3.49. The highest BCUT2D eigenvalue weighted by atomic mass is 79.9. The molecule has 1 N–H and O–H groups in total. The van der Waals surface area contributed by atoms with Crippen molar-refractivity contribution in [3.63, 3.8) is 0 Å². The van der Waals surface area contributed by atoms with Crippen LogP contribution in [-0.4, -0.2) is 47.8 Å². The number of amides is 2. The topological polar surface area (TPSA) is 52.7 Å². The van der Waals surface area contributed by atoms with Crippen LogP contribution in [0, 0.1) is 26.2 Å². The Kier molecular flexibility index (Phi) is 10.9. The lowest BCUT2D eigenvalue weighted by Gasteiger charge is -2.38. The van der Waals surface area contributed by atoms with Crippen LogP contribution >= 0.6 is 28.3 Å². The molecular formula is C35H43BrClN3O2. The first-order valence-electron chi connectivity index (χ1n) is 14.9. The zero-order chi connectivity index (χ0) is 29.0. The van der Waals surface area contributed by atoms with E-state index in [0.717, 1.165) is 67.5 Å². The van der Waals surface area contributed by atoms with Crippen molar-refractivity contribution in [2.24, 2.45) is 5.41 Å². The van der Waals surface area contributed by atoms with Crippen LogP contribution in [0.15, 0.2) is 71.2 Å². The standard InChI is InChI=1S/C35H42BrN3O2.ClH/c1-25-21-26(2)31(27(3)22-25)23-33(40)37-32(29-7-5-4-6-8-29)13-17-38-18-14-35(15-19-38)16-20-39(34(35)41)24-28-9-11-30(36)12-10-28;/h4-12,21-22,32H,13-20,23-24H2,1-3H3,(H,37,40);1H. The Hall–Kier alpha value is -2.67. The average Bonchev–Trinajstić information content (AvgIpc) is 3.25. The highest BCUT2D eigenvalue weighted by Crippen LogP contribution is 2.42. The van der Waals surface area contributed by atoms with Gasteiger partial charge in [0.25, 0.3) is 0 Å². The second kappa shape index (κ2) is 14.2. The van der Waals surface area contributed by atoms with Crippen LogP contribution in [0.1, 0.15) is 65.1 Å². The Bertz CT molecular complexity index is 1350. The average molecular weight is 653 g/mol. The molecule has 0 aromatic heterocycles. The monoisotopic (exact) mass is 651 g/mol. The van der Waals surface area contributed by atoms with Gasteiger partial charge >= 0.3 is 0 Å². The molecule has 7 heteroatoms. The van der Waals surface area contributed by atoms with Crippen molar-refractivity contribution in [2.45, 2.75) is 65.5 Å².